The SMILES string of the molecule is COC(=O)CCCNC(=O)COC(=O)c1cc(-c2ccc(C)o2)nc2ccccc12. The molecule has 1 N–H and O–H groups in total. The van der Waals surface area contributed by atoms with Crippen LogP contribution in [-0.4, -0.2) is 43.1 Å². The zero-order valence-electron chi connectivity index (χ0n) is 16.8. The highest BCUT2D eigenvalue weighted by Gasteiger charge is 2.17. The number of furan rings is 1. The van der Waals surface area contributed by atoms with E-state index in [-0.39, 0.29) is 18.9 Å². The number of aryl methyl sites for hydroxylation is 1. The van der Waals surface area contributed by atoms with Crippen molar-refractivity contribution >= 4 is 28.7 Å². The monoisotopic (exact) mass is 410 g/mol. The van der Waals surface area contributed by atoms with Crippen LogP contribution >= 0.6 is 0 Å². The lowest BCUT2D eigenvalue weighted by Crippen LogP contribution is -2.30. The third-order valence-corrected chi connectivity index (χ3v) is 4.37. The highest BCUT2D eigenvalue weighted by molar-refractivity contribution is 6.05. The molecule has 8 nitrogen and oxygen atoms in total. The van der Waals surface area contributed by atoms with Crippen molar-refractivity contribution in [1.82, 2.24) is 10.3 Å². The summed E-state index contributed by atoms with van der Waals surface area (Å²) in [4.78, 5) is 40.2. The number of nitrogens with zero attached hydrogens (tertiary/aromatic N) is 1. The van der Waals surface area contributed by atoms with Gasteiger partial charge in [0.25, 0.3) is 5.91 Å². The van der Waals surface area contributed by atoms with Gasteiger partial charge in [-0.25, -0.2) is 9.78 Å². The molecule has 0 aliphatic carbocycles. The number of ether oxygens (including phenoxy) is 2. The Kier molecular flexibility index (Phi) is 6.79. The lowest BCUT2D eigenvalue weighted by molar-refractivity contribution is -0.140. The largest absolute Gasteiger partial charge is 0.469 e. The number of hydrogen-bond acceptors (Lipinski definition) is 7. The number of carbonyl (C=O) groups excluding carboxylic acids is 3. The van der Waals surface area contributed by atoms with Crippen LogP contribution in [0.15, 0.2) is 46.9 Å². The molecule has 0 saturated carbocycles. The zero-order chi connectivity index (χ0) is 21.5. The number of carbonyl (C=O) groups is 3. The summed E-state index contributed by atoms with van der Waals surface area (Å²) in [6, 6.07) is 12.4. The van der Waals surface area contributed by atoms with Crippen molar-refractivity contribution < 1.29 is 28.3 Å². The second-order valence-corrected chi connectivity index (χ2v) is 6.59. The first kappa shape index (κ1) is 21.0. The first-order chi connectivity index (χ1) is 14.5. The fourth-order valence-corrected chi connectivity index (χ4v) is 2.87. The van der Waals surface area contributed by atoms with E-state index < -0.39 is 18.5 Å². The first-order valence-electron chi connectivity index (χ1n) is 9.45. The minimum Gasteiger partial charge on any atom is -0.469 e. The number of para-hydroxylation sites is 1. The molecule has 1 amide bonds. The average molecular weight is 410 g/mol. The number of pyridine rings is 1. The number of esters is 2. The molecule has 2 aromatic heterocycles. The van der Waals surface area contributed by atoms with Crippen LogP contribution in [0.3, 0.4) is 0 Å². The summed E-state index contributed by atoms with van der Waals surface area (Å²) < 4.78 is 15.3. The summed E-state index contributed by atoms with van der Waals surface area (Å²) in [5.74, 6) is -0.164. The van der Waals surface area contributed by atoms with Crippen LogP contribution < -0.4 is 5.32 Å². The number of benzene rings is 1. The number of hydrogen-bond donors (Lipinski definition) is 1. The number of aromatic nitrogens is 1. The summed E-state index contributed by atoms with van der Waals surface area (Å²) in [5.41, 5.74) is 1.41. The maximum atomic E-state index is 12.7. The van der Waals surface area contributed by atoms with E-state index in [1.165, 1.54) is 7.11 Å². The first-order valence-corrected chi connectivity index (χ1v) is 9.45. The van der Waals surface area contributed by atoms with Crippen molar-refractivity contribution in [3.63, 3.8) is 0 Å². The van der Waals surface area contributed by atoms with Crippen LogP contribution in [0.5, 0.6) is 0 Å². The molecule has 3 rings (SSSR count). The van der Waals surface area contributed by atoms with Crippen LogP contribution in [0, 0.1) is 6.92 Å². The minimum atomic E-state index is -0.636. The fraction of sp³-hybridized carbons (Fsp3) is 0.273. The molecule has 3 aromatic rings. The van der Waals surface area contributed by atoms with Gasteiger partial charge >= 0.3 is 11.9 Å². The third-order valence-electron chi connectivity index (χ3n) is 4.37. The predicted molar refractivity (Wildman–Crippen MR) is 109 cm³/mol. The van der Waals surface area contributed by atoms with Crippen LogP contribution in [0.25, 0.3) is 22.4 Å². The average Bonchev–Trinajstić information content (AvgIpc) is 3.20. The van der Waals surface area contributed by atoms with Gasteiger partial charge in [0.05, 0.1) is 18.2 Å². The maximum Gasteiger partial charge on any atom is 0.339 e. The van der Waals surface area contributed by atoms with Crippen LogP contribution in [-0.2, 0) is 19.1 Å². The Balaban J connectivity index is 1.68. The van der Waals surface area contributed by atoms with Crippen molar-refractivity contribution in [3.8, 4) is 11.5 Å². The molecule has 30 heavy (non-hydrogen) atoms. The maximum absolute atomic E-state index is 12.7. The molecule has 1 aromatic carbocycles. The zero-order valence-corrected chi connectivity index (χ0v) is 16.8. The van der Waals surface area contributed by atoms with E-state index in [1.54, 1.807) is 30.3 Å². The quantitative estimate of drug-likeness (QED) is 0.449. The Morgan fingerprint density at radius 3 is 2.67 bits per heavy atom. The Morgan fingerprint density at radius 2 is 1.93 bits per heavy atom. The van der Waals surface area contributed by atoms with E-state index in [0.29, 0.717) is 34.3 Å². The lowest BCUT2D eigenvalue weighted by atomic mass is 10.1. The molecule has 0 spiro atoms. The highest BCUT2D eigenvalue weighted by Crippen LogP contribution is 2.26. The molecule has 0 atom stereocenters. The van der Waals surface area contributed by atoms with Gasteiger partial charge in [-0.3, -0.25) is 9.59 Å². The second kappa shape index (κ2) is 9.69. The van der Waals surface area contributed by atoms with Crippen molar-refractivity contribution in [2.75, 3.05) is 20.3 Å². The summed E-state index contributed by atoms with van der Waals surface area (Å²) >= 11 is 0. The van der Waals surface area contributed by atoms with Gasteiger partial charge in [-0.15, -0.1) is 0 Å². The van der Waals surface area contributed by atoms with Gasteiger partial charge in [0.2, 0.25) is 0 Å². The van der Waals surface area contributed by atoms with Gasteiger partial charge in [-0.05, 0) is 37.6 Å². The van der Waals surface area contributed by atoms with E-state index in [1.807, 2.05) is 19.1 Å². The summed E-state index contributed by atoms with van der Waals surface area (Å²) in [6.07, 6.45) is 0.641. The fourth-order valence-electron chi connectivity index (χ4n) is 2.87. The van der Waals surface area contributed by atoms with Crippen molar-refractivity contribution in [2.45, 2.75) is 19.8 Å². The summed E-state index contributed by atoms with van der Waals surface area (Å²) in [6.45, 7) is 1.68. The van der Waals surface area contributed by atoms with E-state index in [9.17, 15) is 14.4 Å². The molecular formula is C22H22N2O6. The third kappa shape index (κ3) is 5.22. The molecule has 0 bridgehead atoms. The minimum absolute atomic E-state index is 0.203. The topological polar surface area (TPSA) is 108 Å². The van der Waals surface area contributed by atoms with Crippen LogP contribution in [0.2, 0.25) is 0 Å². The van der Waals surface area contributed by atoms with Crippen LogP contribution in [0.1, 0.15) is 29.0 Å². The Bertz CT molecular complexity index is 1070. The van der Waals surface area contributed by atoms with Crippen LogP contribution in [0.4, 0.5) is 0 Å². The molecule has 0 radical (unpaired) electrons. The number of fused-ring (bicyclic) bond motifs is 1. The Labute approximate surface area is 173 Å². The summed E-state index contributed by atoms with van der Waals surface area (Å²) in [5, 5.41) is 3.21. The molecule has 0 saturated heterocycles. The molecule has 0 unspecified atom stereocenters. The van der Waals surface area contributed by atoms with E-state index in [4.69, 9.17) is 9.15 Å². The molecule has 8 heteroatoms. The number of nitrogens with one attached hydrogen (secondary N) is 1. The van der Waals surface area contributed by atoms with Gasteiger partial charge < -0.3 is 19.2 Å². The Morgan fingerprint density at radius 1 is 1.13 bits per heavy atom. The lowest BCUT2D eigenvalue weighted by Gasteiger charge is -2.09. The number of methoxy groups -OCH3 is 1. The molecule has 0 fully saturated rings. The van der Waals surface area contributed by atoms with Gasteiger partial charge in [-0.1, -0.05) is 18.2 Å². The normalized spacial score (nSPS) is 10.6. The molecule has 0 aliphatic rings. The highest BCUT2D eigenvalue weighted by atomic mass is 16.5. The molecular weight excluding hydrogens is 388 g/mol. The van der Waals surface area contributed by atoms with E-state index in [0.717, 1.165) is 5.76 Å². The number of amides is 1. The molecule has 2 heterocycles. The van der Waals surface area contributed by atoms with Gasteiger partial charge in [-0.2, -0.15) is 0 Å². The van der Waals surface area contributed by atoms with Gasteiger partial charge in [0, 0.05) is 18.4 Å². The van der Waals surface area contributed by atoms with Crippen molar-refractivity contribution in [1.29, 1.82) is 0 Å². The summed E-state index contributed by atoms with van der Waals surface area (Å²) in [7, 11) is 1.31. The molecule has 0 aliphatic heterocycles. The van der Waals surface area contributed by atoms with Gasteiger partial charge in [0.15, 0.2) is 12.4 Å². The van der Waals surface area contributed by atoms with Gasteiger partial charge in [0.1, 0.15) is 11.5 Å². The smallest absolute Gasteiger partial charge is 0.339 e. The second-order valence-electron chi connectivity index (χ2n) is 6.59. The standard InChI is InChI=1S/C22H22N2O6/c1-14-9-10-19(30-14)18-12-16(15-6-3-4-7-17(15)24-18)22(27)29-13-20(25)23-11-5-8-21(26)28-2/h3-4,6-7,9-10,12H,5,8,11,13H2,1-2H3,(H,23,25). The van der Waals surface area contributed by atoms with Crippen molar-refractivity contribution in [2.24, 2.45) is 0 Å². The van der Waals surface area contributed by atoms with E-state index >= 15 is 0 Å². The number of rotatable bonds is 8. The van der Waals surface area contributed by atoms with E-state index in [2.05, 4.69) is 15.0 Å². The predicted octanol–water partition coefficient (Wildman–Crippen LogP) is 3.03. The molecule has 156 valence electrons. The Hall–Kier alpha value is -3.68. The van der Waals surface area contributed by atoms with Crippen molar-refractivity contribution in [3.05, 3.63) is 53.8 Å².